The summed E-state index contributed by atoms with van der Waals surface area (Å²) in [6, 6.07) is 3.32. The van der Waals surface area contributed by atoms with E-state index in [-0.39, 0.29) is 16.7 Å². The fourth-order valence-corrected chi connectivity index (χ4v) is 3.47. The minimum Gasteiger partial charge on any atom is -0.503 e. The molecular weight excluding hydrogens is 346 g/mol. The zero-order chi connectivity index (χ0) is 18.4. The van der Waals surface area contributed by atoms with Gasteiger partial charge in [-0.15, -0.1) is 0 Å². The number of hydrogen-bond donors (Lipinski definition) is 3. The van der Waals surface area contributed by atoms with Crippen molar-refractivity contribution >= 4 is 23.5 Å². The Labute approximate surface area is 152 Å². The lowest BCUT2D eigenvalue weighted by Gasteiger charge is -2.27. The van der Waals surface area contributed by atoms with Crippen molar-refractivity contribution in [1.82, 2.24) is 5.32 Å². The number of hydrogen-bond acceptors (Lipinski definition) is 4. The standard InChI is InChI=1S/C18H24ClNO5/c1-2-25-15-10-11(9-14(19)16(15)21)7-8-20-17(22)12-5-3-4-6-13(12)18(23)24/h9-10,12-13,21H,2-8H2,1H3,(H,20,22)(H,23,24). The van der Waals surface area contributed by atoms with Gasteiger partial charge in [-0.2, -0.15) is 0 Å². The molecule has 3 N–H and O–H groups in total. The molecule has 6 nitrogen and oxygen atoms in total. The number of carbonyl (C=O) groups is 2. The highest BCUT2D eigenvalue weighted by molar-refractivity contribution is 6.32. The first-order valence-corrected chi connectivity index (χ1v) is 8.96. The molecule has 138 valence electrons. The molecule has 0 aliphatic heterocycles. The second-order valence-corrected chi connectivity index (χ2v) is 6.64. The topological polar surface area (TPSA) is 95.9 Å². The molecule has 0 spiro atoms. The van der Waals surface area contributed by atoms with E-state index in [1.54, 1.807) is 12.1 Å². The number of benzene rings is 1. The van der Waals surface area contributed by atoms with Crippen molar-refractivity contribution in [1.29, 1.82) is 0 Å². The third kappa shape index (κ3) is 5.01. The van der Waals surface area contributed by atoms with E-state index >= 15 is 0 Å². The Balaban J connectivity index is 1.93. The van der Waals surface area contributed by atoms with Crippen LogP contribution in [0.25, 0.3) is 0 Å². The van der Waals surface area contributed by atoms with Crippen molar-refractivity contribution < 1.29 is 24.5 Å². The van der Waals surface area contributed by atoms with Crippen LogP contribution < -0.4 is 10.1 Å². The van der Waals surface area contributed by atoms with Crippen LogP contribution in [0.2, 0.25) is 5.02 Å². The second-order valence-electron chi connectivity index (χ2n) is 6.23. The van der Waals surface area contributed by atoms with Crippen molar-refractivity contribution in [3.8, 4) is 11.5 Å². The lowest BCUT2D eigenvalue weighted by molar-refractivity contribution is -0.148. The SMILES string of the molecule is CCOc1cc(CCNC(=O)C2CCCCC2C(=O)O)cc(Cl)c1O. The Morgan fingerprint density at radius 3 is 2.60 bits per heavy atom. The van der Waals surface area contributed by atoms with Gasteiger partial charge in [0.05, 0.1) is 23.5 Å². The number of carboxylic acid groups (broad SMARTS) is 1. The Bertz CT molecular complexity index is 634. The molecule has 1 fully saturated rings. The number of phenolic OH excluding ortho intramolecular Hbond substituents is 1. The normalized spacial score (nSPS) is 20.1. The maximum atomic E-state index is 12.3. The van der Waals surface area contributed by atoms with E-state index in [1.165, 1.54) is 0 Å². The molecular formula is C18H24ClNO5. The highest BCUT2D eigenvalue weighted by Crippen LogP contribution is 2.35. The quantitative estimate of drug-likeness (QED) is 0.686. The third-order valence-electron chi connectivity index (χ3n) is 4.52. The fraction of sp³-hybridized carbons (Fsp3) is 0.556. The van der Waals surface area contributed by atoms with Crippen molar-refractivity contribution in [2.75, 3.05) is 13.2 Å². The molecule has 1 saturated carbocycles. The van der Waals surface area contributed by atoms with Gasteiger partial charge in [-0.1, -0.05) is 24.4 Å². The number of nitrogens with one attached hydrogen (secondary N) is 1. The molecule has 1 aromatic rings. The molecule has 2 rings (SSSR count). The van der Waals surface area contributed by atoms with Crippen molar-refractivity contribution in [2.45, 2.75) is 39.0 Å². The van der Waals surface area contributed by atoms with Crippen molar-refractivity contribution in [3.63, 3.8) is 0 Å². The maximum Gasteiger partial charge on any atom is 0.307 e. The van der Waals surface area contributed by atoms with E-state index in [9.17, 15) is 19.8 Å². The number of carbonyl (C=O) groups excluding carboxylic acids is 1. The van der Waals surface area contributed by atoms with Gasteiger partial charge in [0.25, 0.3) is 0 Å². The van der Waals surface area contributed by atoms with Gasteiger partial charge in [0.15, 0.2) is 11.5 Å². The number of carboxylic acids is 1. The Kier molecular flexibility index (Phi) is 6.93. The number of halogens is 1. The van der Waals surface area contributed by atoms with Gasteiger partial charge in [-0.3, -0.25) is 9.59 Å². The Morgan fingerprint density at radius 1 is 1.28 bits per heavy atom. The van der Waals surface area contributed by atoms with E-state index in [2.05, 4.69) is 5.32 Å². The van der Waals surface area contributed by atoms with Gasteiger partial charge in [0, 0.05) is 6.54 Å². The Morgan fingerprint density at radius 2 is 1.96 bits per heavy atom. The first-order valence-electron chi connectivity index (χ1n) is 8.58. The molecule has 1 amide bonds. The minimum atomic E-state index is -0.897. The van der Waals surface area contributed by atoms with Crippen LogP contribution in [0.5, 0.6) is 11.5 Å². The molecule has 1 aromatic carbocycles. The summed E-state index contributed by atoms with van der Waals surface area (Å²) in [6.45, 7) is 2.58. The predicted molar refractivity (Wildman–Crippen MR) is 94.1 cm³/mol. The van der Waals surface area contributed by atoms with Crippen molar-refractivity contribution in [2.24, 2.45) is 11.8 Å². The van der Waals surface area contributed by atoms with Gasteiger partial charge in [0.1, 0.15) is 0 Å². The van der Waals surface area contributed by atoms with Gasteiger partial charge in [-0.05, 0) is 43.9 Å². The van der Waals surface area contributed by atoms with Crippen LogP contribution in [0, 0.1) is 11.8 Å². The maximum absolute atomic E-state index is 12.3. The first kappa shape index (κ1) is 19.4. The van der Waals surface area contributed by atoms with E-state index in [1.807, 2.05) is 6.92 Å². The summed E-state index contributed by atoms with van der Waals surface area (Å²) in [5.74, 6) is -1.94. The van der Waals surface area contributed by atoms with Crippen molar-refractivity contribution in [3.05, 3.63) is 22.7 Å². The number of aromatic hydroxyl groups is 1. The van der Waals surface area contributed by atoms with Gasteiger partial charge in [-0.25, -0.2) is 0 Å². The molecule has 2 unspecified atom stereocenters. The molecule has 0 heterocycles. The molecule has 0 bridgehead atoms. The van der Waals surface area contributed by atoms with E-state index in [0.717, 1.165) is 18.4 Å². The van der Waals surface area contributed by atoms with Crippen LogP contribution in [-0.2, 0) is 16.0 Å². The number of rotatable bonds is 7. The van der Waals surface area contributed by atoms with Crippen LogP contribution in [0.1, 0.15) is 38.2 Å². The smallest absolute Gasteiger partial charge is 0.307 e. The minimum absolute atomic E-state index is 0.0946. The molecule has 25 heavy (non-hydrogen) atoms. The number of aliphatic carboxylic acids is 1. The molecule has 0 saturated heterocycles. The molecule has 0 radical (unpaired) electrons. The molecule has 1 aliphatic carbocycles. The lowest BCUT2D eigenvalue weighted by Crippen LogP contribution is -2.40. The average Bonchev–Trinajstić information content (AvgIpc) is 2.59. The van der Waals surface area contributed by atoms with Gasteiger partial charge >= 0.3 is 5.97 Å². The number of amides is 1. The summed E-state index contributed by atoms with van der Waals surface area (Å²) >= 11 is 5.99. The molecule has 7 heteroatoms. The fourth-order valence-electron chi connectivity index (χ4n) is 3.24. The molecule has 0 aromatic heterocycles. The summed E-state index contributed by atoms with van der Waals surface area (Å²) in [4.78, 5) is 23.6. The zero-order valence-electron chi connectivity index (χ0n) is 14.3. The average molecular weight is 370 g/mol. The lowest BCUT2D eigenvalue weighted by atomic mass is 9.78. The summed E-state index contributed by atoms with van der Waals surface area (Å²) in [5.41, 5.74) is 0.824. The van der Waals surface area contributed by atoms with Crippen LogP contribution in [-0.4, -0.2) is 35.2 Å². The monoisotopic (exact) mass is 369 g/mol. The first-order chi connectivity index (χ1) is 11.9. The van der Waals surface area contributed by atoms with E-state index in [4.69, 9.17) is 16.3 Å². The second kappa shape index (κ2) is 8.94. The van der Waals surface area contributed by atoms with Crippen LogP contribution in [0.3, 0.4) is 0 Å². The third-order valence-corrected chi connectivity index (χ3v) is 4.81. The number of ether oxygens (including phenoxy) is 1. The highest BCUT2D eigenvalue weighted by atomic mass is 35.5. The van der Waals surface area contributed by atoms with E-state index < -0.39 is 17.8 Å². The summed E-state index contributed by atoms with van der Waals surface area (Å²) in [6.07, 6.45) is 3.41. The van der Waals surface area contributed by atoms with Gasteiger partial charge in [0.2, 0.25) is 5.91 Å². The summed E-state index contributed by atoms with van der Waals surface area (Å²) < 4.78 is 5.33. The largest absolute Gasteiger partial charge is 0.503 e. The Hall–Kier alpha value is -1.95. The van der Waals surface area contributed by atoms with Gasteiger partial charge < -0.3 is 20.3 Å². The zero-order valence-corrected chi connectivity index (χ0v) is 15.0. The predicted octanol–water partition coefficient (Wildman–Crippen LogP) is 2.99. The highest BCUT2D eigenvalue weighted by Gasteiger charge is 2.35. The number of phenols is 1. The van der Waals surface area contributed by atoms with Crippen LogP contribution >= 0.6 is 11.6 Å². The van der Waals surface area contributed by atoms with Crippen LogP contribution in [0.4, 0.5) is 0 Å². The summed E-state index contributed by atoms with van der Waals surface area (Å²) in [7, 11) is 0. The van der Waals surface area contributed by atoms with E-state index in [0.29, 0.717) is 38.2 Å². The molecule has 1 aliphatic rings. The molecule has 2 atom stereocenters. The van der Waals surface area contributed by atoms with Crippen LogP contribution in [0.15, 0.2) is 12.1 Å². The summed E-state index contributed by atoms with van der Waals surface area (Å²) in [5, 5.41) is 22.1.